The summed E-state index contributed by atoms with van der Waals surface area (Å²) in [6.45, 7) is 9.39. The van der Waals surface area contributed by atoms with Crippen LogP contribution in [-0.4, -0.2) is 18.9 Å². The molecule has 1 radical (unpaired) electrons. The van der Waals surface area contributed by atoms with Gasteiger partial charge in [-0.3, -0.25) is 5.32 Å². The molecular formula is C20H41NOY. The Labute approximate surface area is 172 Å². The molecule has 0 aliphatic heterocycles. The van der Waals surface area contributed by atoms with Crippen LogP contribution in [0.4, 0.5) is 0 Å². The van der Waals surface area contributed by atoms with Gasteiger partial charge in [-0.1, -0.05) is 66.5 Å². The molecule has 0 aromatic heterocycles. The molecule has 1 fully saturated rings. The summed E-state index contributed by atoms with van der Waals surface area (Å²) < 4.78 is 5.48. The van der Waals surface area contributed by atoms with Crippen LogP contribution in [0.5, 0.6) is 0 Å². The summed E-state index contributed by atoms with van der Waals surface area (Å²) in [6, 6.07) is 11.1. The van der Waals surface area contributed by atoms with Gasteiger partial charge >= 0.3 is 0 Å². The van der Waals surface area contributed by atoms with Crippen molar-refractivity contribution in [2.75, 3.05) is 6.73 Å². The van der Waals surface area contributed by atoms with Crippen LogP contribution < -0.4 is 5.32 Å². The van der Waals surface area contributed by atoms with E-state index >= 15 is 0 Å². The third-order valence-electron chi connectivity index (χ3n) is 3.33. The van der Waals surface area contributed by atoms with E-state index in [0.717, 1.165) is 6.73 Å². The van der Waals surface area contributed by atoms with Gasteiger partial charge in [0.15, 0.2) is 0 Å². The molecule has 1 saturated carbocycles. The average Bonchev–Trinajstić information content (AvgIpc) is 2.34. The van der Waals surface area contributed by atoms with E-state index in [0.29, 0.717) is 18.1 Å². The fourth-order valence-corrected chi connectivity index (χ4v) is 1.71. The van der Waals surface area contributed by atoms with Crippen LogP contribution in [0.15, 0.2) is 30.3 Å². The SMILES string of the molecule is C.C.C.CC(C)NCOC1CCC1.CC(C)c1ccccc1.[Y]. The van der Waals surface area contributed by atoms with Gasteiger partial charge in [-0.25, -0.2) is 0 Å². The molecule has 135 valence electrons. The number of hydrogen-bond donors (Lipinski definition) is 1. The number of nitrogens with one attached hydrogen (secondary N) is 1. The van der Waals surface area contributed by atoms with E-state index in [1.165, 1.54) is 24.8 Å². The first-order valence-corrected chi connectivity index (χ1v) is 7.49. The fourth-order valence-electron chi connectivity index (χ4n) is 1.71. The van der Waals surface area contributed by atoms with Crippen molar-refractivity contribution in [3.05, 3.63) is 35.9 Å². The number of ether oxygens (including phenoxy) is 1. The summed E-state index contributed by atoms with van der Waals surface area (Å²) in [4.78, 5) is 0. The Bertz CT molecular complexity index is 324. The van der Waals surface area contributed by atoms with Gasteiger partial charge in [-0.05, 0) is 44.6 Å². The van der Waals surface area contributed by atoms with E-state index in [1.54, 1.807) is 0 Å². The van der Waals surface area contributed by atoms with Crippen LogP contribution in [-0.2, 0) is 37.4 Å². The molecule has 1 aromatic carbocycles. The van der Waals surface area contributed by atoms with Crippen molar-refractivity contribution in [3.63, 3.8) is 0 Å². The zero-order chi connectivity index (χ0) is 14.1. The van der Waals surface area contributed by atoms with E-state index in [-0.39, 0.29) is 55.0 Å². The first-order chi connectivity index (χ1) is 9.09. The monoisotopic (exact) mass is 400 g/mol. The third kappa shape index (κ3) is 15.5. The number of benzene rings is 1. The molecule has 0 amide bonds. The smallest absolute Gasteiger partial charge is 0.0970 e. The van der Waals surface area contributed by atoms with Gasteiger partial charge in [-0.15, -0.1) is 0 Å². The minimum Gasteiger partial charge on any atom is -0.363 e. The van der Waals surface area contributed by atoms with E-state index in [2.05, 4.69) is 57.3 Å². The molecule has 2 rings (SSSR count). The Hall–Kier alpha value is 0.244. The molecular weight excluding hydrogens is 359 g/mol. The van der Waals surface area contributed by atoms with Crippen molar-refractivity contribution in [3.8, 4) is 0 Å². The predicted octanol–water partition coefficient (Wildman–Crippen LogP) is 6.23. The van der Waals surface area contributed by atoms with Gasteiger partial charge < -0.3 is 4.74 Å². The maximum absolute atomic E-state index is 5.48. The molecule has 0 unspecified atom stereocenters. The summed E-state index contributed by atoms with van der Waals surface area (Å²) in [6.07, 6.45) is 4.44. The fraction of sp³-hybridized carbons (Fsp3) is 0.700. The van der Waals surface area contributed by atoms with Crippen LogP contribution in [0.3, 0.4) is 0 Å². The molecule has 1 aliphatic rings. The molecule has 0 bridgehead atoms. The molecule has 0 atom stereocenters. The van der Waals surface area contributed by atoms with Gasteiger partial charge in [0.1, 0.15) is 0 Å². The molecule has 1 aromatic rings. The molecule has 1 aliphatic carbocycles. The van der Waals surface area contributed by atoms with E-state index in [9.17, 15) is 0 Å². The van der Waals surface area contributed by atoms with Crippen molar-refractivity contribution in [1.29, 1.82) is 0 Å². The quantitative estimate of drug-likeness (QED) is 0.592. The van der Waals surface area contributed by atoms with Crippen LogP contribution >= 0.6 is 0 Å². The predicted molar refractivity (Wildman–Crippen MR) is 103 cm³/mol. The molecule has 0 saturated heterocycles. The number of rotatable bonds is 5. The molecule has 1 N–H and O–H groups in total. The standard InChI is InChI=1S/C9H12.C8H17NO.3CH4.Y/c1-8(2)9-6-4-3-5-7-9;1-7(2)9-6-10-8-4-3-5-8;;;;/h3-8H,1-2H3;7-9H,3-6H2,1-2H3;3*1H4;. The Balaban J connectivity index is -0.000000134. The minimum atomic E-state index is 0. The van der Waals surface area contributed by atoms with Gasteiger partial charge in [0.25, 0.3) is 0 Å². The first kappa shape index (κ1) is 31.1. The normalized spacial score (nSPS) is 12.4. The maximum Gasteiger partial charge on any atom is 0.0970 e. The van der Waals surface area contributed by atoms with Crippen LogP contribution in [0, 0.1) is 0 Å². The summed E-state index contributed by atoms with van der Waals surface area (Å²) in [5.74, 6) is 0.659. The summed E-state index contributed by atoms with van der Waals surface area (Å²) >= 11 is 0. The molecule has 0 heterocycles. The van der Waals surface area contributed by atoms with Crippen molar-refractivity contribution in [2.24, 2.45) is 0 Å². The van der Waals surface area contributed by atoms with Crippen molar-refractivity contribution in [2.45, 2.75) is 87.3 Å². The Morgan fingerprint density at radius 3 is 1.83 bits per heavy atom. The van der Waals surface area contributed by atoms with Crippen LogP contribution in [0.1, 0.15) is 80.7 Å². The number of hydrogen-bond acceptors (Lipinski definition) is 2. The topological polar surface area (TPSA) is 21.3 Å². The van der Waals surface area contributed by atoms with Crippen molar-refractivity contribution in [1.82, 2.24) is 5.32 Å². The summed E-state index contributed by atoms with van der Waals surface area (Å²) in [5.41, 5.74) is 1.41. The summed E-state index contributed by atoms with van der Waals surface area (Å²) in [7, 11) is 0. The Morgan fingerprint density at radius 1 is 1.00 bits per heavy atom. The van der Waals surface area contributed by atoms with Gasteiger partial charge in [0.05, 0.1) is 12.8 Å². The maximum atomic E-state index is 5.48. The third-order valence-corrected chi connectivity index (χ3v) is 3.33. The zero-order valence-corrected chi connectivity index (χ0v) is 16.3. The molecule has 2 nitrogen and oxygen atoms in total. The molecule has 3 heteroatoms. The summed E-state index contributed by atoms with van der Waals surface area (Å²) in [5, 5.41) is 3.22. The van der Waals surface area contributed by atoms with E-state index < -0.39 is 0 Å². The van der Waals surface area contributed by atoms with E-state index in [4.69, 9.17) is 4.74 Å². The Kier molecular flexibility index (Phi) is 25.1. The van der Waals surface area contributed by atoms with Crippen LogP contribution in [0.25, 0.3) is 0 Å². The van der Waals surface area contributed by atoms with Crippen LogP contribution in [0.2, 0.25) is 0 Å². The second-order valence-corrected chi connectivity index (χ2v) is 5.79. The largest absolute Gasteiger partial charge is 0.363 e. The Morgan fingerprint density at radius 2 is 1.52 bits per heavy atom. The van der Waals surface area contributed by atoms with Crippen molar-refractivity contribution >= 4 is 0 Å². The minimum absolute atomic E-state index is 0. The van der Waals surface area contributed by atoms with Crippen molar-refractivity contribution < 1.29 is 37.4 Å². The van der Waals surface area contributed by atoms with Gasteiger partial charge in [0.2, 0.25) is 0 Å². The first-order valence-electron chi connectivity index (χ1n) is 7.49. The zero-order valence-electron chi connectivity index (χ0n) is 13.4. The van der Waals surface area contributed by atoms with Gasteiger partial charge in [-0.2, -0.15) is 0 Å². The van der Waals surface area contributed by atoms with E-state index in [1.807, 2.05) is 6.07 Å². The molecule has 0 spiro atoms. The molecule has 23 heavy (non-hydrogen) atoms. The second kappa shape index (κ2) is 18.6. The van der Waals surface area contributed by atoms with Gasteiger partial charge in [0, 0.05) is 38.8 Å². The second-order valence-electron chi connectivity index (χ2n) is 5.79. The average molecular weight is 400 g/mol.